The van der Waals surface area contributed by atoms with Crippen LogP contribution in [0.2, 0.25) is 0 Å². The molecule has 1 aliphatic heterocycles. The minimum Gasteiger partial charge on any atom is -0.394 e. The molecule has 2 rings (SSSR count). The van der Waals surface area contributed by atoms with E-state index in [4.69, 9.17) is 9.47 Å². The summed E-state index contributed by atoms with van der Waals surface area (Å²) in [7, 11) is 0. The molecule has 8 atom stereocenters. The van der Waals surface area contributed by atoms with Crippen LogP contribution >= 0.6 is 0 Å². The molecular weight excluding hydrogens is 356 g/mol. The lowest BCUT2D eigenvalue weighted by molar-refractivity contribution is -0.306. The average molecular weight is 388 g/mol. The first-order chi connectivity index (χ1) is 12.4. The Balaban J connectivity index is 2.08. The third kappa shape index (κ3) is 4.42. The second-order valence-electron chi connectivity index (χ2n) is 8.43. The molecule has 2 aliphatic rings. The van der Waals surface area contributed by atoms with Crippen LogP contribution in [0.25, 0.3) is 0 Å². The van der Waals surface area contributed by atoms with Gasteiger partial charge in [0.2, 0.25) is 0 Å². The van der Waals surface area contributed by atoms with E-state index in [-0.39, 0.29) is 18.1 Å². The van der Waals surface area contributed by atoms with Gasteiger partial charge in [-0.3, -0.25) is 4.79 Å². The number of hydrogen-bond acceptors (Lipinski definition) is 8. The Morgan fingerprint density at radius 2 is 1.89 bits per heavy atom. The Morgan fingerprint density at radius 3 is 2.44 bits per heavy atom. The maximum atomic E-state index is 11.9. The lowest BCUT2D eigenvalue weighted by Gasteiger charge is -2.48. The molecule has 8 nitrogen and oxygen atoms in total. The van der Waals surface area contributed by atoms with Gasteiger partial charge in [0.15, 0.2) is 6.29 Å². The number of carbonyl (C=O) groups is 1. The molecule has 0 aromatic rings. The topological polar surface area (TPSA) is 137 Å². The van der Waals surface area contributed by atoms with Crippen molar-refractivity contribution in [3.63, 3.8) is 0 Å². The highest BCUT2D eigenvalue weighted by Crippen LogP contribution is 2.46. The number of aliphatic hydroxyl groups excluding tert-OH is 4. The van der Waals surface area contributed by atoms with Crippen LogP contribution in [0.15, 0.2) is 12.2 Å². The maximum Gasteiger partial charge on any atom is 0.187 e. The molecule has 0 radical (unpaired) electrons. The summed E-state index contributed by atoms with van der Waals surface area (Å²) < 4.78 is 10.9. The van der Waals surface area contributed by atoms with Crippen molar-refractivity contribution in [2.75, 3.05) is 6.61 Å². The molecule has 0 amide bonds. The van der Waals surface area contributed by atoms with Crippen molar-refractivity contribution in [3.05, 3.63) is 12.2 Å². The Bertz CT molecular complexity index is 560. The van der Waals surface area contributed by atoms with E-state index in [1.165, 1.54) is 0 Å². The van der Waals surface area contributed by atoms with Crippen LogP contribution in [0.5, 0.6) is 0 Å². The van der Waals surface area contributed by atoms with Crippen LogP contribution in [0.4, 0.5) is 0 Å². The zero-order valence-corrected chi connectivity index (χ0v) is 16.3. The normalized spacial score (nSPS) is 43.8. The highest BCUT2D eigenvalue weighted by molar-refractivity contribution is 5.81. The lowest BCUT2D eigenvalue weighted by atomic mass is 9.60. The van der Waals surface area contributed by atoms with Gasteiger partial charge in [-0.25, -0.2) is 0 Å². The summed E-state index contributed by atoms with van der Waals surface area (Å²) in [5.74, 6) is -0.138. The number of ether oxygens (including phenoxy) is 2. The first-order valence-corrected chi connectivity index (χ1v) is 9.32. The third-order valence-electron chi connectivity index (χ3n) is 5.83. The Kier molecular flexibility index (Phi) is 6.85. The van der Waals surface area contributed by atoms with E-state index in [0.29, 0.717) is 6.42 Å². The summed E-state index contributed by atoms with van der Waals surface area (Å²) in [6.07, 6.45) is -3.51. The van der Waals surface area contributed by atoms with Crippen molar-refractivity contribution in [3.8, 4) is 0 Å². The molecule has 2 fully saturated rings. The summed E-state index contributed by atoms with van der Waals surface area (Å²) in [5.41, 5.74) is -1.84. The van der Waals surface area contributed by atoms with E-state index in [1.807, 2.05) is 20.8 Å². The predicted molar refractivity (Wildman–Crippen MR) is 95.6 cm³/mol. The van der Waals surface area contributed by atoms with Gasteiger partial charge < -0.3 is 35.0 Å². The van der Waals surface area contributed by atoms with Gasteiger partial charge in [-0.15, -0.1) is 0 Å². The minimum absolute atomic E-state index is 0.121. The molecule has 1 saturated carbocycles. The zero-order chi connectivity index (χ0) is 20.6. The molecule has 1 heterocycles. The van der Waals surface area contributed by atoms with Gasteiger partial charge in [-0.1, -0.05) is 32.9 Å². The summed E-state index contributed by atoms with van der Waals surface area (Å²) >= 11 is 0. The molecule has 0 bridgehead atoms. The maximum absolute atomic E-state index is 11.9. The van der Waals surface area contributed by atoms with Crippen LogP contribution < -0.4 is 0 Å². The van der Waals surface area contributed by atoms with Crippen molar-refractivity contribution in [1.82, 2.24) is 0 Å². The molecular formula is C19H32O8. The van der Waals surface area contributed by atoms with E-state index in [2.05, 4.69) is 0 Å². The molecule has 5 N–H and O–H groups in total. The van der Waals surface area contributed by atoms with Gasteiger partial charge in [0, 0.05) is 18.3 Å². The van der Waals surface area contributed by atoms with E-state index >= 15 is 0 Å². The molecule has 1 saturated heterocycles. The Labute approximate surface area is 159 Å². The van der Waals surface area contributed by atoms with E-state index < -0.39 is 54.4 Å². The Morgan fingerprint density at radius 1 is 1.26 bits per heavy atom. The SMILES string of the molecule is C[C@@H]1CC(=O)CC(C)(C)[C@@]1(O)/C=C/[C@H](C)O[C@H]1O[C@@H](CO)[C@H](O)[C@@H](O)[C@@H]1O. The van der Waals surface area contributed by atoms with Gasteiger partial charge in [-0.2, -0.15) is 0 Å². The number of carbonyl (C=O) groups excluding carboxylic acids is 1. The van der Waals surface area contributed by atoms with Gasteiger partial charge in [0.1, 0.15) is 30.2 Å². The molecule has 8 heteroatoms. The first-order valence-electron chi connectivity index (χ1n) is 9.32. The molecule has 0 spiro atoms. The number of hydrogen-bond donors (Lipinski definition) is 5. The summed E-state index contributed by atoms with van der Waals surface area (Å²) in [6.45, 7) is 6.65. The quantitative estimate of drug-likeness (QED) is 0.398. The second-order valence-corrected chi connectivity index (χ2v) is 8.43. The van der Waals surface area contributed by atoms with E-state index in [9.17, 15) is 30.3 Å². The molecule has 0 unspecified atom stereocenters. The molecule has 156 valence electrons. The fraction of sp³-hybridized carbons (Fsp3) is 0.842. The van der Waals surface area contributed by atoms with Crippen molar-refractivity contribution < 1.29 is 39.8 Å². The number of Topliss-reactive ketones (excluding diaryl/α,β-unsaturated/α-hetero) is 1. The molecule has 0 aromatic heterocycles. The van der Waals surface area contributed by atoms with Crippen molar-refractivity contribution >= 4 is 5.78 Å². The standard InChI is InChI=1S/C19H32O8/c1-10-7-12(21)8-18(3,4)19(10,25)6-5-11(2)26-17-16(24)15(23)14(22)13(9-20)27-17/h5-6,10-11,13-17,20,22-25H,7-9H2,1-4H3/b6-5+/t10-,11+,13+,14+,15-,16+,17+,19-/m1/s1. The lowest BCUT2D eigenvalue weighted by Crippen LogP contribution is -2.59. The monoisotopic (exact) mass is 388 g/mol. The average Bonchev–Trinajstić information content (AvgIpc) is 2.58. The van der Waals surface area contributed by atoms with Crippen molar-refractivity contribution in [1.29, 1.82) is 0 Å². The van der Waals surface area contributed by atoms with Crippen LogP contribution in [-0.4, -0.2) is 80.3 Å². The van der Waals surface area contributed by atoms with Gasteiger partial charge in [-0.05, 0) is 12.8 Å². The summed E-state index contributed by atoms with van der Waals surface area (Å²) in [4.78, 5) is 11.9. The van der Waals surface area contributed by atoms with Crippen molar-refractivity contribution in [2.45, 2.75) is 82.9 Å². The highest BCUT2D eigenvalue weighted by Gasteiger charge is 2.50. The predicted octanol–water partition coefficient (Wildman–Crippen LogP) is -0.496. The van der Waals surface area contributed by atoms with Gasteiger partial charge >= 0.3 is 0 Å². The fourth-order valence-electron chi connectivity index (χ4n) is 3.98. The van der Waals surface area contributed by atoms with Crippen LogP contribution in [0.3, 0.4) is 0 Å². The largest absolute Gasteiger partial charge is 0.394 e. The summed E-state index contributed by atoms with van der Waals surface area (Å²) in [6, 6.07) is 0. The number of rotatable bonds is 5. The molecule has 0 aromatic carbocycles. The van der Waals surface area contributed by atoms with Crippen molar-refractivity contribution in [2.24, 2.45) is 11.3 Å². The van der Waals surface area contributed by atoms with E-state index in [1.54, 1.807) is 19.1 Å². The van der Waals surface area contributed by atoms with Crippen LogP contribution in [-0.2, 0) is 14.3 Å². The minimum atomic E-state index is -1.51. The van der Waals surface area contributed by atoms with E-state index in [0.717, 1.165) is 0 Å². The first kappa shape index (κ1) is 22.4. The van der Waals surface area contributed by atoms with Gasteiger partial charge in [0.05, 0.1) is 18.3 Å². The van der Waals surface area contributed by atoms with Crippen LogP contribution in [0.1, 0.15) is 40.5 Å². The highest BCUT2D eigenvalue weighted by atomic mass is 16.7. The zero-order valence-electron chi connectivity index (χ0n) is 16.3. The molecule has 27 heavy (non-hydrogen) atoms. The number of ketones is 1. The van der Waals surface area contributed by atoms with Gasteiger partial charge in [0.25, 0.3) is 0 Å². The number of aliphatic hydroxyl groups is 5. The summed E-state index contributed by atoms with van der Waals surface area (Å²) in [5, 5.41) is 50.1. The molecule has 1 aliphatic carbocycles. The Hall–Kier alpha value is -0.870. The fourth-order valence-corrected chi connectivity index (χ4v) is 3.98. The third-order valence-corrected chi connectivity index (χ3v) is 5.83. The smallest absolute Gasteiger partial charge is 0.187 e. The van der Waals surface area contributed by atoms with Crippen LogP contribution in [0, 0.1) is 11.3 Å². The second kappa shape index (κ2) is 8.24.